The van der Waals surface area contributed by atoms with Crippen molar-refractivity contribution in [2.75, 3.05) is 36.9 Å². The van der Waals surface area contributed by atoms with Gasteiger partial charge in [0.25, 0.3) is 0 Å². The molecule has 2 aliphatic carbocycles. The number of nitrogen functional groups attached to an aromatic ring is 1. The Bertz CT molecular complexity index is 495. The third-order valence-corrected chi connectivity index (χ3v) is 4.38. The van der Waals surface area contributed by atoms with Crippen molar-refractivity contribution in [2.45, 2.75) is 25.7 Å². The average molecular weight is 274 g/mol. The van der Waals surface area contributed by atoms with Crippen molar-refractivity contribution in [1.82, 2.24) is 0 Å². The maximum absolute atomic E-state index is 6.26. The molecule has 1 aromatic rings. The second-order valence-electron chi connectivity index (χ2n) is 6.35. The van der Waals surface area contributed by atoms with Crippen LogP contribution in [0.25, 0.3) is 0 Å². The summed E-state index contributed by atoms with van der Waals surface area (Å²) in [7, 11) is 0. The number of ether oxygens (including phenoxy) is 2. The minimum Gasteiger partial charge on any atom is -0.486 e. The van der Waals surface area contributed by atoms with Gasteiger partial charge in [-0.25, -0.2) is 0 Å². The number of nitrogens with two attached hydrogens (primary N) is 1. The molecule has 1 aliphatic heterocycles. The normalized spacial score (nSPS) is 20.8. The van der Waals surface area contributed by atoms with Gasteiger partial charge in [-0.05, 0) is 37.5 Å². The SMILES string of the molecule is Nc1cc2c(cc1N(CC1CC1)CC1CC1)OCCO2. The lowest BCUT2D eigenvalue weighted by molar-refractivity contribution is 0.172. The molecule has 0 bridgehead atoms. The van der Waals surface area contributed by atoms with Crippen molar-refractivity contribution in [3.8, 4) is 11.5 Å². The van der Waals surface area contributed by atoms with Crippen LogP contribution in [-0.4, -0.2) is 26.3 Å². The second-order valence-corrected chi connectivity index (χ2v) is 6.35. The van der Waals surface area contributed by atoms with E-state index in [-0.39, 0.29) is 0 Å². The molecule has 1 heterocycles. The first-order valence-corrected chi connectivity index (χ1v) is 7.73. The van der Waals surface area contributed by atoms with Gasteiger partial charge in [-0.15, -0.1) is 0 Å². The molecule has 0 spiro atoms. The molecule has 0 aromatic heterocycles. The van der Waals surface area contributed by atoms with Gasteiger partial charge in [-0.2, -0.15) is 0 Å². The average Bonchev–Trinajstić information content (AvgIpc) is 3.33. The van der Waals surface area contributed by atoms with Gasteiger partial charge in [0.15, 0.2) is 11.5 Å². The van der Waals surface area contributed by atoms with Crippen molar-refractivity contribution in [3.05, 3.63) is 12.1 Å². The van der Waals surface area contributed by atoms with Crippen molar-refractivity contribution < 1.29 is 9.47 Å². The fraction of sp³-hybridized carbons (Fsp3) is 0.625. The number of hydrogen-bond donors (Lipinski definition) is 1. The summed E-state index contributed by atoms with van der Waals surface area (Å²) < 4.78 is 11.3. The molecule has 4 heteroatoms. The first-order chi connectivity index (χ1) is 9.79. The van der Waals surface area contributed by atoms with Crippen molar-refractivity contribution >= 4 is 11.4 Å². The number of rotatable bonds is 5. The fourth-order valence-electron chi connectivity index (χ4n) is 2.86. The maximum atomic E-state index is 6.26. The lowest BCUT2D eigenvalue weighted by Gasteiger charge is -2.28. The Labute approximate surface area is 119 Å². The summed E-state index contributed by atoms with van der Waals surface area (Å²) in [5.41, 5.74) is 8.21. The van der Waals surface area contributed by atoms with Crippen LogP contribution in [0.2, 0.25) is 0 Å². The highest BCUT2D eigenvalue weighted by Crippen LogP contribution is 2.42. The topological polar surface area (TPSA) is 47.7 Å². The van der Waals surface area contributed by atoms with Gasteiger partial charge >= 0.3 is 0 Å². The lowest BCUT2D eigenvalue weighted by atomic mass is 10.2. The van der Waals surface area contributed by atoms with Crippen LogP contribution >= 0.6 is 0 Å². The maximum Gasteiger partial charge on any atom is 0.163 e. The van der Waals surface area contributed by atoms with Crippen molar-refractivity contribution in [3.63, 3.8) is 0 Å². The molecule has 2 saturated carbocycles. The van der Waals surface area contributed by atoms with Crippen LogP contribution < -0.4 is 20.1 Å². The third-order valence-electron chi connectivity index (χ3n) is 4.38. The minimum atomic E-state index is 0.611. The second kappa shape index (κ2) is 4.76. The monoisotopic (exact) mass is 274 g/mol. The van der Waals surface area contributed by atoms with E-state index in [2.05, 4.69) is 11.0 Å². The van der Waals surface area contributed by atoms with E-state index in [0.717, 1.165) is 47.8 Å². The highest BCUT2D eigenvalue weighted by atomic mass is 16.6. The van der Waals surface area contributed by atoms with E-state index in [9.17, 15) is 0 Å². The van der Waals surface area contributed by atoms with Crippen molar-refractivity contribution in [1.29, 1.82) is 0 Å². The fourth-order valence-corrected chi connectivity index (χ4v) is 2.86. The van der Waals surface area contributed by atoms with Gasteiger partial charge in [0.1, 0.15) is 13.2 Å². The Balaban J connectivity index is 1.62. The largest absolute Gasteiger partial charge is 0.486 e. The smallest absolute Gasteiger partial charge is 0.163 e. The molecule has 3 aliphatic rings. The number of nitrogens with zero attached hydrogens (tertiary/aromatic N) is 1. The quantitative estimate of drug-likeness (QED) is 0.839. The first kappa shape index (κ1) is 12.2. The van der Waals surface area contributed by atoms with E-state index >= 15 is 0 Å². The van der Waals surface area contributed by atoms with E-state index in [4.69, 9.17) is 15.2 Å². The molecule has 0 unspecified atom stereocenters. The lowest BCUT2D eigenvalue weighted by Crippen LogP contribution is -2.29. The zero-order chi connectivity index (χ0) is 13.5. The Morgan fingerprint density at radius 3 is 2.05 bits per heavy atom. The molecule has 2 fully saturated rings. The Hall–Kier alpha value is -1.58. The van der Waals surface area contributed by atoms with Crippen LogP contribution in [0.3, 0.4) is 0 Å². The number of fused-ring (bicyclic) bond motifs is 1. The van der Waals surface area contributed by atoms with E-state index < -0.39 is 0 Å². The third kappa shape index (κ3) is 2.51. The van der Waals surface area contributed by atoms with E-state index in [1.165, 1.54) is 25.7 Å². The summed E-state index contributed by atoms with van der Waals surface area (Å²) in [5.74, 6) is 3.36. The van der Waals surface area contributed by atoms with Gasteiger partial charge in [0.2, 0.25) is 0 Å². The zero-order valence-electron chi connectivity index (χ0n) is 11.8. The molecule has 20 heavy (non-hydrogen) atoms. The van der Waals surface area contributed by atoms with Gasteiger partial charge in [-0.1, -0.05) is 0 Å². The minimum absolute atomic E-state index is 0.611. The van der Waals surface area contributed by atoms with Crippen LogP contribution in [0.15, 0.2) is 12.1 Å². The van der Waals surface area contributed by atoms with E-state index in [1.54, 1.807) is 0 Å². The number of hydrogen-bond acceptors (Lipinski definition) is 4. The van der Waals surface area contributed by atoms with Crippen molar-refractivity contribution in [2.24, 2.45) is 11.8 Å². The van der Waals surface area contributed by atoms with Crippen LogP contribution in [-0.2, 0) is 0 Å². The molecule has 0 amide bonds. The summed E-state index contributed by atoms with van der Waals surface area (Å²) >= 11 is 0. The van der Waals surface area contributed by atoms with E-state index in [0.29, 0.717) is 13.2 Å². The molecular formula is C16H22N2O2. The summed E-state index contributed by atoms with van der Waals surface area (Å²) in [4.78, 5) is 2.48. The predicted octanol–water partition coefficient (Wildman–Crippen LogP) is 2.67. The standard InChI is InChI=1S/C16H22N2O2/c17-13-7-15-16(20-6-5-19-15)8-14(13)18(9-11-1-2-11)10-12-3-4-12/h7-8,11-12H,1-6,9-10,17H2. The summed E-state index contributed by atoms with van der Waals surface area (Å²) in [5, 5.41) is 0. The van der Waals surface area contributed by atoms with Crippen LogP contribution in [0.5, 0.6) is 11.5 Å². The zero-order valence-corrected chi connectivity index (χ0v) is 11.8. The first-order valence-electron chi connectivity index (χ1n) is 7.73. The molecule has 2 N–H and O–H groups in total. The Morgan fingerprint density at radius 1 is 0.950 bits per heavy atom. The predicted molar refractivity (Wildman–Crippen MR) is 79.5 cm³/mol. The van der Waals surface area contributed by atoms with Gasteiger partial charge < -0.3 is 20.1 Å². The number of benzene rings is 1. The molecule has 0 atom stereocenters. The molecule has 4 rings (SSSR count). The Morgan fingerprint density at radius 2 is 1.50 bits per heavy atom. The molecule has 1 aromatic carbocycles. The van der Waals surface area contributed by atoms with Crippen LogP contribution in [0, 0.1) is 11.8 Å². The highest BCUT2D eigenvalue weighted by Gasteiger charge is 2.30. The van der Waals surface area contributed by atoms with Gasteiger partial charge in [0.05, 0.1) is 11.4 Å². The van der Waals surface area contributed by atoms with Gasteiger partial charge in [0, 0.05) is 25.2 Å². The molecule has 108 valence electrons. The summed E-state index contributed by atoms with van der Waals surface area (Å²) in [6.07, 6.45) is 5.47. The molecule has 4 nitrogen and oxygen atoms in total. The van der Waals surface area contributed by atoms with Crippen LogP contribution in [0.4, 0.5) is 11.4 Å². The molecule has 0 saturated heterocycles. The van der Waals surface area contributed by atoms with E-state index in [1.807, 2.05) is 6.07 Å². The van der Waals surface area contributed by atoms with Crippen LogP contribution in [0.1, 0.15) is 25.7 Å². The molecule has 0 radical (unpaired) electrons. The number of anilines is 2. The molecular weight excluding hydrogens is 252 g/mol. The summed E-state index contributed by atoms with van der Waals surface area (Å²) in [6, 6.07) is 4.01. The summed E-state index contributed by atoms with van der Waals surface area (Å²) in [6.45, 7) is 3.52. The highest BCUT2D eigenvalue weighted by molar-refractivity contribution is 5.73. The Kier molecular flexibility index (Phi) is 2.90. The van der Waals surface area contributed by atoms with Gasteiger partial charge in [-0.3, -0.25) is 0 Å².